The van der Waals surface area contributed by atoms with Gasteiger partial charge in [-0.15, -0.1) is 11.3 Å². The van der Waals surface area contributed by atoms with Crippen molar-refractivity contribution in [2.24, 2.45) is 0 Å². The van der Waals surface area contributed by atoms with Gasteiger partial charge < -0.3 is 10.3 Å². The maximum absolute atomic E-state index is 12.6. The molecule has 3 aromatic rings. The smallest absolute Gasteiger partial charge is 0.259 e. The minimum absolute atomic E-state index is 0.0285. The molecule has 0 radical (unpaired) electrons. The minimum atomic E-state index is -0.0503. The first-order chi connectivity index (χ1) is 14.0. The fourth-order valence-electron chi connectivity index (χ4n) is 3.55. The predicted octanol–water partition coefficient (Wildman–Crippen LogP) is 5.09. The van der Waals surface area contributed by atoms with Gasteiger partial charge in [-0.1, -0.05) is 17.7 Å². The van der Waals surface area contributed by atoms with Crippen molar-refractivity contribution in [1.29, 1.82) is 0 Å². The Kier molecular flexibility index (Phi) is 6.27. The van der Waals surface area contributed by atoms with Crippen LogP contribution >= 0.6 is 34.7 Å². The Bertz CT molecular complexity index is 1120. The molecule has 1 aromatic carbocycles. The van der Waals surface area contributed by atoms with Crippen molar-refractivity contribution in [2.45, 2.75) is 44.8 Å². The van der Waals surface area contributed by atoms with E-state index >= 15 is 0 Å². The third kappa shape index (κ3) is 4.68. The molecule has 1 amide bonds. The summed E-state index contributed by atoms with van der Waals surface area (Å²) in [6, 6.07) is 5.44. The number of anilines is 1. The van der Waals surface area contributed by atoms with Crippen LogP contribution < -0.4 is 10.9 Å². The van der Waals surface area contributed by atoms with Crippen LogP contribution in [0.15, 0.2) is 23.0 Å². The zero-order chi connectivity index (χ0) is 20.4. The average molecular weight is 448 g/mol. The number of amides is 1. The average Bonchev–Trinajstić information content (AvgIpc) is 3.07. The molecule has 152 valence electrons. The molecule has 0 fully saturated rings. The highest BCUT2D eigenvalue weighted by Gasteiger charge is 2.19. The third-order valence-electron chi connectivity index (χ3n) is 5.06. The summed E-state index contributed by atoms with van der Waals surface area (Å²) in [7, 11) is 0. The van der Waals surface area contributed by atoms with Crippen molar-refractivity contribution in [3.05, 3.63) is 55.4 Å². The number of nitrogens with zero attached hydrogens (tertiary/aromatic N) is 1. The fraction of sp³-hybridized carbons (Fsp3) is 0.381. The predicted molar refractivity (Wildman–Crippen MR) is 122 cm³/mol. The molecule has 0 saturated heterocycles. The second kappa shape index (κ2) is 8.90. The van der Waals surface area contributed by atoms with E-state index in [0.29, 0.717) is 28.8 Å². The van der Waals surface area contributed by atoms with Gasteiger partial charge in [0.15, 0.2) is 0 Å². The minimum Gasteiger partial charge on any atom is -0.326 e. The number of thioether (sulfide) groups is 1. The topological polar surface area (TPSA) is 74.8 Å². The van der Waals surface area contributed by atoms with Gasteiger partial charge >= 0.3 is 0 Å². The van der Waals surface area contributed by atoms with Crippen LogP contribution in [0.3, 0.4) is 0 Å². The molecule has 2 N–H and O–H groups in total. The van der Waals surface area contributed by atoms with Gasteiger partial charge in [0.1, 0.15) is 10.7 Å². The summed E-state index contributed by atoms with van der Waals surface area (Å²) >= 11 is 9.24. The SMILES string of the molecule is Cc1ccc(Cl)cc1NC(=O)CCSCc1nc2sc3c(c2c(=O)[nH]1)CCCC3. The van der Waals surface area contributed by atoms with Gasteiger partial charge in [0.2, 0.25) is 5.91 Å². The summed E-state index contributed by atoms with van der Waals surface area (Å²) in [6.45, 7) is 1.93. The maximum Gasteiger partial charge on any atom is 0.259 e. The number of aryl methyl sites for hydroxylation is 3. The van der Waals surface area contributed by atoms with Gasteiger partial charge in [-0.3, -0.25) is 9.59 Å². The lowest BCUT2D eigenvalue weighted by Gasteiger charge is -2.09. The second-order valence-corrected chi connectivity index (χ2v) is 9.84. The van der Waals surface area contributed by atoms with E-state index in [9.17, 15) is 9.59 Å². The van der Waals surface area contributed by atoms with Gasteiger partial charge in [0.25, 0.3) is 5.56 Å². The van der Waals surface area contributed by atoms with Crippen molar-refractivity contribution in [3.8, 4) is 0 Å². The van der Waals surface area contributed by atoms with Crippen LogP contribution in [0.5, 0.6) is 0 Å². The normalized spacial score (nSPS) is 13.4. The number of aromatic amines is 1. The molecule has 1 aliphatic rings. The number of benzene rings is 1. The number of hydrogen-bond acceptors (Lipinski definition) is 5. The number of thiophene rings is 1. The zero-order valence-corrected chi connectivity index (χ0v) is 18.5. The molecule has 0 atom stereocenters. The quantitative estimate of drug-likeness (QED) is 0.516. The van der Waals surface area contributed by atoms with Crippen molar-refractivity contribution in [2.75, 3.05) is 11.1 Å². The van der Waals surface area contributed by atoms with Gasteiger partial charge in [-0.25, -0.2) is 4.98 Å². The van der Waals surface area contributed by atoms with Crippen LogP contribution in [0, 0.1) is 6.92 Å². The number of hydrogen-bond donors (Lipinski definition) is 2. The fourth-order valence-corrected chi connectivity index (χ4v) is 5.81. The highest BCUT2D eigenvalue weighted by atomic mass is 35.5. The Balaban J connectivity index is 1.33. The Labute approximate surface area is 182 Å². The van der Waals surface area contributed by atoms with E-state index in [4.69, 9.17) is 11.6 Å². The van der Waals surface area contributed by atoms with E-state index in [1.165, 1.54) is 16.9 Å². The number of nitrogens with one attached hydrogen (secondary N) is 2. The largest absolute Gasteiger partial charge is 0.326 e. The van der Waals surface area contributed by atoms with Crippen LogP contribution in [0.1, 0.15) is 41.1 Å². The number of carbonyl (C=O) groups is 1. The molecule has 29 heavy (non-hydrogen) atoms. The van der Waals surface area contributed by atoms with Gasteiger partial charge in [-0.2, -0.15) is 11.8 Å². The molecule has 0 bridgehead atoms. The lowest BCUT2D eigenvalue weighted by Crippen LogP contribution is -2.14. The maximum atomic E-state index is 12.6. The van der Waals surface area contributed by atoms with Crippen LogP contribution in [0.25, 0.3) is 10.2 Å². The lowest BCUT2D eigenvalue weighted by molar-refractivity contribution is -0.115. The molecule has 5 nitrogen and oxygen atoms in total. The summed E-state index contributed by atoms with van der Waals surface area (Å²) in [5.74, 6) is 1.86. The van der Waals surface area contributed by atoms with Gasteiger partial charge in [-0.05, 0) is 55.9 Å². The van der Waals surface area contributed by atoms with E-state index in [2.05, 4.69) is 15.3 Å². The van der Waals surface area contributed by atoms with Crippen LogP contribution in [0.2, 0.25) is 5.02 Å². The number of halogens is 1. The highest BCUT2D eigenvalue weighted by Crippen LogP contribution is 2.33. The first-order valence-electron chi connectivity index (χ1n) is 9.68. The number of aromatic nitrogens is 2. The Morgan fingerprint density at radius 1 is 1.34 bits per heavy atom. The summed E-state index contributed by atoms with van der Waals surface area (Å²) < 4.78 is 0. The Hall–Kier alpha value is -1.83. The first-order valence-corrected chi connectivity index (χ1v) is 12.0. The monoisotopic (exact) mass is 447 g/mol. The summed E-state index contributed by atoms with van der Waals surface area (Å²) in [5, 5.41) is 4.29. The molecule has 4 rings (SSSR count). The number of carbonyl (C=O) groups excluding carboxylic acids is 1. The molecule has 1 aliphatic carbocycles. The number of H-pyrrole nitrogens is 1. The standard InChI is InChI=1S/C21H22ClN3O2S2/c1-12-6-7-13(22)10-15(12)23-18(26)8-9-28-11-17-24-20(27)19-14-4-2-3-5-16(14)29-21(19)25-17/h6-7,10H,2-5,8-9,11H2,1H3,(H,23,26)(H,24,25,27). The van der Waals surface area contributed by atoms with E-state index in [-0.39, 0.29) is 11.5 Å². The Morgan fingerprint density at radius 3 is 3.03 bits per heavy atom. The summed E-state index contributed by atoms with van der Waals surface area (Å²) in [4.78, 5) is 34.5. The molecule has 0 saturated carbocycles. The van der Waals surface area contributed by atoms with Crippen LogP contribution in [0.4, 0.5) is 5.69 Å². The van der Waals surface area contributed by atoms with Gasteiger partial charge in [0.05, 0.1) is 11.1 Å². The first kappa shape index (κ1) is 20.4. The molecule has 0 aliphatic heterocycles. The molecule has 8 heteroatoms. The Morgan fingerprint density at radius 2 is 2.17 bits per heavy atom. The summed E-state index contributed by atoms with van der Waals surface area (Å²) in [6.07, 6.45) is 4.76. The molecule has 2 aromatic heterocycles. The lowest BCUT2D eigenvalue weighted by atomic mass is 9.97. The molecular formula is C21H22ClN3O2S2. The van der Waals surface area contributed by atoms with E-state index in [0.717, 1.165) is 40.7 Å². The summed E-state index contributed by atoms with van der Waals surface area (Å²) in [5.41, 5.74) is 2.89. The second-order valence-electron chi connectivity index (χ2n) is 7.21. The molecule has 0 unspecified atom stereocenters. The van der Waals surface area contributed by atoms with Crippen LogP contribution in [-0.2, 0) is 23.4 Å². The van der Waals surface area contributed by atoms with Crippen LogP contribution in [-0.4, -0.2) is 21.6 Å². The van der Waals surface area contributed by atoms with Crippen molar-refractivity contribution < 1.29 is 4.79 Å². The highest BCUT2D eigenvalue weighted by molar-refractivity contribution is 7.98. The third-order valence-corrected chi connectivity index (χ3v) is 7.45. The molecule has 2 heterocycles. The number of fused-ring (bicyclic) bond motifs is 3. The molecular weight excluding hydrogens is 426 g/mol. The van der Waals surface area contributed by atoms with Crippen molar-refractivity contribution >= 4 is 56.5 Å². The van der Waals surface area contributed by atoms with Gasteiger partial charge in [0, 0.05) is 27.8 Å². The van der Waals surface area contributed by atoms with E-state index in [1.807, 2.05) is 13.0 Å². The number of rotatable bonds is 6. The molecule has 0 spiro atoms. The zero-order valence-electron chi connectivity index (χ0n) is 16.1. The van der Waals surface area contributed by atoms with Crippen molar-refractivity contribution in [3.63, 3.8) is 0 Å². The van der Waals surface area contributed by atoms with Crippen molar-refractivity contribution in [1.82, 2.24) is 9.97 Å². The van der Waals surface area contributed by atoms with E-state index < -0.39 is 0 Å². The van der Waals surface area contributed by atoms with E-state index in [1.54, 1.807) is 35.2 Å².